The van der Waals surface area contributed by atoms with Crippen LogP contribution in [0.25, 0.3) is 27.4 Å². The third kappa shape index (κ3) is 4.56. The van der Waals surface area contributed by atoms with Crippen LogP contribution in [0, 0.1) is 10.9 Å². The quantitative estimate of drug-likeness (QED) is 0.219. The minimum atomic E-state index is 0.452. The molecule has 0 fully saturated rings. The number of aromatic amines is 1. The van der Waals surface area contributed by atoms with Crippen molar-refractivity contribution in [3.8, 4) is 16.4 Å². The Balaban J connectivity index is 1.60. The second-order valence-corrected chi connectivity index (χ2v) is 9.90. The highest BCUT2D eigenvalue weighted by Crippen LogP contribution is 2.37. The van der Waals surface area contributed by atoms with Gasteiger partial charge in [0.05, 0.1) is 11.0 Å². The Morgan fingerprint density at radius 1 is 1.03 bits per heavy atom. The maximum atomic E-state index is 6.12. The van der Waals surface area contributed by atoms with Crippen molar-refractivity contribution in [2.75, 3.05) is 10.6 Å². The number of para-hydroxylation sites is 2. The van der Waals surface area contributed by atoms with Crippen molar-refractivity contribution in [3.63, 3.8) is 0 Å². The molecule has 0 saturated carbocycles. The van der Waals surface area contributed by atoms with Crippen LogP contribution in [0.15, 0.2) is 72.8 Å². The highest BCUT2D eigenvalue weighted by molar-refractivity contribution is 7.80. The molecule has 0 unspecified atom stereocenters. The minimum Gasteiger partial charge on any atom is -0.337 e. The summed E-state index contributed by atoms with van der Waals surface area (Å²) in [6, 6.07) is 23.5. The number of anilines is 2. The fraction of sp³-hybridized carbons (Fsp3) is 0.0417. The summed E-state index contributed by atoms with van der Waals surface area (Å²) in [7, 11) is 0. The Labute approximate surface area is 210 Å². The van der Waals surface area contributed by atoms with Crippen LogP contribution in [0.2, 0.25) is 5.02 Å². The predicted octanol–water partition coefficient (Wildman–Crippen LogP) is 7.58. The number of thiocarbonyl (C=S) groups is 1. The van der Waals surface area contributed by atoms with Crippen molar-refractivity contribution >= 4 is 75.0 Å². The molecule has 33 heavy (non-hydrogen) atoms. The maximum absolute atomic E-state index is 6.12. The molecule has 5 rings (SSSR count). The van der Waals surface area contributed by atoms with E-state index in [9.17, 15) is 0 Å². The zero-order valence-electron chi connectivity index (χ0n) is 17.4. The second-order valence-electron chi connectivity index (χ2n) is 7.41. The standard InChI is InChI=1S/C24H18ClN5S3/c1-14-5-4-6-16(13-14)26-23(31)29-22-20(21-27-18-7-2-3-8-19(18)28-21)33-24(32)30(22)17-11-9-15(25)10-12-17/h2-13H,1H3,(H,27,28)(H2,26,29,31). The van der Waals surface area contributed by atoms with Gasteiger partial charge in [-0.2, -0.15) is 0 Å². The number of imidazole rings is 1. The second kappa shape index (κ2) is 9.07. The number of aromatic nitrogens is 3. The number of hydrogen-bond donors (Lipinski definition) is 3. The number of fused-ring (bicyclic) bond motifs is 1. The minimum absolute atomic E-state index is 0.452. The molecule has 0 aliphatic heterocycles. The van der Waals surface area contributed by atoms with Crippen LogP contribution < -0.4 is 10.6 Å². The van der Waals surface area contributed by atoms with Gasteiger partial charge in [0.2, 0.25) is 0 Å². The van der Waals surface area contributed by atoms with E-state index in [4.69, 9.17) is 41.0 Å². The fourth-order valence-corrected chi connectivity index (χ4v) is 5.21. The van der Waals surface area contributed by atoms with Crippen molar-refractivity contribution in [1.29, 1.82) is 0 Å². The molecule has 2 aromatic heterocycles. The molecular formula is C24H18ClN5S3. The summed E-state index contributed by atoms with van der Waals surface area (Å²) in [6.45, 7) is 2.04. The molecule has 0 amide bonds. The summed E-state index contributed by atoms with van der Waals surface area (Å²) >= 11 is 19.0. The van der Waals surface area contributed by atoms with Crippen molar-refractivity contribution in [3.05, 3.63) is 87.3 Å². The van der Waals surface area contributed by atoms with Crippen LogP contribution in [0.4, 0.5) is 11.5 Å². The third-order valence-corrected chi connectivity index (χ3v) is 6.84. The lowest BCUT2D eigenvalue weighted by molar-refractivity contribution is 1.08. The van der Waals surface area contributed by atoms with Gasteiger partial charge in [0.15, 0.2) is 14.9 Å². The molecule has 0 radical (unpaired) electrons. The molecule has 0 aliphatic rings. The summed E-state index contributed by atoms with van der Waals surface area (Å²) in [5.74, 6) is 1.46. The van der Waals surface area contributed by atoms with Gasteiger partial charge in [-0.25, -0.2) is 4.98 Å². The number of nitrogens with one attached hydrogen (secondary N) is 3. The average Bonchev–Trinajstić information content (AvgIpc) is 3.35. The van der Waals surface area contributed by atoms with Gasteiger partial charge in [-0.15, -0.1) is 0 Å². The van der Waals surface area contributed by atoms with Crippen LogP contribution in [0.3, 0.4) is 0 Å². The van der Waals surface area contributed by atoms with Crippen LogP contribution in [0.1, 0.15) is 5.56 Å². The van der Waals surface area contributed by atoms with Crippen LogP contribution in [-0.4, -0.2) is 19.6 Å². The summed E-state index contributed by atoms with van der Waals surface area (Å²) in [5.41, 5.74) is 4.77. The Kier molecular flexibility index (Phi) is 5.99. The summed E-state index contributed by atoms with van der Waals surface area (Å²) in [6.07, 6.45) is 0. The largest absolute Gasteiger partial charge is 0.337 e. The van der Waals surface area contributed by atoms with Crippen molar-refractivity contribution < 1.29 is 0 Å². The molecule has 164 valence electrons. The van der Waals surface area contributed by atoms with Crippen molar-refractivity contribution in [2.45, 2.75) is 6.92 Å². The summed E-state index contributed by atoms with van der Waals surface area (Å²) in [5, 5.41) is 7.73. The van der Waals surface area contributed by atoms with E-state index in [0.717, 1.165) is 44.5 Å². The average molecular weight is 508 g/mol. The Morgan fingerprint density at radius 3 is 2.58 bits per heavy atom. The van der Waals surface area contributed by atoms with E-state index in [2.05, 4.69) is 15.6 Å². The molecule has 0 aliphatic carbocycles. The first-order valence-electron chi connectivity index (χ1n) is 10.1. The van der Waals surface area contributed by atoms with E-state index in [0.29, 0.717) is 14.1 Å². The Bertz CT molecular complexity index is 1500. The molecule has 0 spiro atoms. The van der Waals surface area contributed by atoms with Gasteiger partial charge in [-0.05, 0) is 85.5 Å². The van der Waals surface area contributed by atoms with E-state index in [1.807, 2.05) is 84.3 Å². The molecule has 3 aromatic carbocycles. The van der Waals surface area contributed by atoms with E-state index in [-0.39, 0.29) is 0 Å². The molecule has 0 bridgehead atoms. The smallest absolute Gasteiger partial charge is 0.176 e. The first kappa shape index (κ1) is 21.8. The normalized spacial score (nSPS) is 11.0. The molecule has 9 heteroatoms. The lowest BCUT2D eigenvalue weighted by atomic mass is 10.2. The lowest BCUT2D eigenvalue weighted by Gasteiger charge is -2.15. The number of thiazole rings is 1. The van der Waals surface area contributed by atoms with Crippen LogP contribution >= 0.6 is 47.4 Å². The summed E-state index contributed by atoms with van der Waals surface area (Å²) < 4.78 is 2.61. The highest BCUT2D eigenvalue weighted by atomic mass is 35.5. The first-order chi connectivity index (χ1) is 16.0. The number of H-pyrrole nitrogens is 1. The van der Waals surface area contributed by atoms with E-state index < -0.39 is 0 Å². The van der Waals surface area contributed by atoms with E-state index in [1.54, 1.807) is 0 Å². The number of rotatable bonds is 4. The molecule has 3 N–H and O–H groups in total. The number of hydrogen-bond acceptors (Lipinski definition) is 4. The highest BCUT2D eigenvalue weighted by Gasteiger charge is 2.20. The maximum Gasteiger partial charge on any atom is 0.176 e. The van der Waals surface area contributed by atoms with Crippen LogP contribution in [-0.2, 0) is 0 Å². The van der Waals surface area contributed by atoms with Gasteiger partial charge >= 0.3 is 0 Å². The molecule has 2 heterocycles. The van der Waals surface area contributed by atoms with E-state index in [1.165, 1.54) is 11.3 Å². The molecule has 0 atom stereocenters. The van der Waals surface area contributed by atoms with Crippen molar-refractivity contribution in [2.24, 2.45) is 0 Å². The Hall–Kier alpha value is -3.04. The van der Waals surface area contributed by atoms with Gasteiger partial charge in [-0.1, -0.05) is 47.2 Å². The first-order valence-corrected chi connectivity index (χ1v) is 12.1. The fourth-order valence-electron chi connectivity index (χ4n) is 3.52. The molecule has 0 saturated heterocycles. The SMILES string of the molecule is Cc1cccc(NC(=S)Nc2c(-c3nc4ccccc4[nH]3)sc(=S)n2-c2ccc(Cl)cc2)c1. The molecular weight excluding hydrogens is 490 g/mol. The predicted molar refractivity (Wildman–Crippen MR) is 146 cm³/mol. The number of aryl methyl sites for hydroxylation is 1. The molecule has 5 aromatic rings. The van der Waals surface area contributed by atoms with E-state index >= 15 is 0 Å². The number of benzene rings is 3. The topological polar surface area (TPSA) is 57.7 Å². The third-order valence-electron chi connectivity index (χ3n) is 5.01. The van der Waals surface area contributed by atoms with Crippen LogP contribution in [0.5, 0.6) is 0 Å². The lowest BCUT2D eigenvalue weighted by Crippen LogP contribution is -2.21. The van der Waals surface area contributed by atoms with Gasteiger partial charge in [-0.3, -0.25) is 4.57 Å². The number of halogens is 1. The van der Waals surface area contributed by atoms with Gasteiger partial charge < -0.3 is 15.6 Å². The molecule has 5 nitrogen and oxygen atoms in total. The van der Waals surface area contributed by atoms with Gasteiger partial charge in [0, 0.05) is 16.4 Å². The van der Waals surface area contributed by atoms with Gasteiger partial charge in [0.1, 0.15) is 10.7 Å². The zero-order valence-corrected chi connectivity index (χ0v) is 20.6. The summed E-state index contributed by atoms with van der Waals surface area (Å²) in [4.78, 5) is 9.04. The van der Waals surface area contributed by atoms with Gasteiger partial charge in [0.25, 0.3) is 0 Å². The monoisotopic (exact) mass is 507 g/mol. The number of nitrogens with zero attached hydrogens (tertiary/aromatic N) is 2. The van der Waals surface area contributed by atoms with Crippen molar-refractivity contribution in [1.82, 2.24) is 14.5 Å². The Morgan fingerprint density at radius 2 is 1.82 bits per heavy atom. The zero-order chi connectivity index (χ0) is 22.9.